The Hall–Kier alpha value is -1.16. The molecule has 1 saturated heterocycles. The van der Waals surface area contributed by atoms with E-state index in [2.05, 4.69) is 0 Å². The zero-order valence-corrected chi connectivity index (χ0v) is 11.3. The van der Waals surface area contributed by atoms with Gasteiger partial charge in [0.15, 0.2) is 0 Å². The lowest BCUT2D eigenvalue weighted by atomic mass is 10.0. The van der Waals surface area contributed by atoms with Crippen molar-refractivity contribution in [3.05, 3.63) is 29.8 Å². The van der Waals surface area contributed by atoms with Crippen molar-refractivity contribution in [1.29, 1.82) is 0 Å². The van der Waals surface area contributed by atoms with Crippen LogP contribution in [0.3, 0.4) is 0 Å². The van der Waals surface area contributed by atoms with Gasteiger partial charge in [-0.3, -0.25) is 4.79 Å². The highest BCUT2D eigenvalue weighted by molar-refractivity contribution is 7.99. The van der Waals surface area contributed by atoms with Crippen LogP contribution in [0.15, 0.2) is 24.3 Å². The Kier molecular flexibility index (Phi) is 4.53. The van der Waals surface area contributed by atoms with Gasteiger partial charge in [-0.15, -0.1) is 0 Å². The lowest BCUT2D eigenvalue weighted by Gasteiger charge is -2.22. The minimum absolute atomic E-state index is 0.298. The number of hydrogen-bond acceptors (Lipinski definition) is 3. The zero-order valence-electron chi connectivity index (χ0n) is 10.5. The summed E-state index contributed by atoms with van der Waals surface area (Å²) in [5, 5.41) is 8.93. The van der Waals surface area contributed by atoms with E-state index in [4.69, 9.17) is 9.84 Å². The third kappa shape index (κ3) is 3.42. The third-order valence-corrected chi connectivity index (χ3v) is 4.36. The van der Waals surface area contributed by atoms with Crippen molar-refractivity contribution < 1.29 is 14.6 Å². The Morgan fingerprint density at radius 2 is 2.17 bits per heavy atom. The maximum Gasteiger partial charge on any atom is 0.310 e. The topological polar surface area (TPSA) is 46.5 Å². The molecular weight excluding hydrogens is 248 g/mol. The largest absolute Gasteiger partial charge is 0.490 e. The third-order valence-electron chi connectivity index (χ3n) is 3.17. The summed E-state index contributed by atoms with van der Waals surface area (Å²) in [5.74, 6) is 1.85. The van der Waals surface area contributed by atoms with Gasteiger partial charge in [-0.25, -0.2) is 0 Å². The van der Waals surface area contributed by atoms with E-state index in [0.717, 1.165) is 23.5 Å². The van der Waals surface area contributed by atoms with Gasteiger partial charge in [0.2, 0.25) is 0 Å². The predicted molar refractivity (Wildman–Crippen MR) is 73.5 cm³/mol. The van der Waals surface area contributed by atoms with Crippen LogP contribution in [-0.2, 0) is 4.79 Å². The van der Waals surface area contributed by atoms with E-state index in [0.29, 0.717) is 6.10 Å². The summed E-state index contributed by atoms with van der Waals surface area (Å²) < 4.78 is 5.88. The molecule has 0 spiro atoms. The molecule has 1 aliphatic rings. The van der Waals surface area contributed by atoms with Crippen molar-refractivity contribution in [2.75, 3.05) is 11.5 Å². The second kappa shape index (κ2) is 6.14. The second-order valence-corrected chi connectivity index (χ2v) is 5.74. The molecule has 1 fully saturated rings. The SMILES string of the molecule is CC(C(=O)O)c1ccc(OC2CCCSC2)cc1. The zero-order chi connectivity index (χ0) is 13.0. The van der Waals surface area contributed by atoms with Crippen molar-refractivity contribution in [3.8, 4) is 5.75 Å². The predicted octanol–water partition coefficient (Wildman–Crippen LogP) is 3.15. The molecule has 2 atom stereocenters. The summed E-state index contributed by atoms with van der Waals surface area (Å²) in [5.41, 5.74) is 0.813. The maximum absolute atomic E-state index is 10.9. The number of ether oxygens (including phenoxy) is 1. The molecule has 0 amide bonds. The van der Waals surface area contributed by atoms with Crippen LogP contribution in [0.4, 0.5) is 0 Å². The van der Waals surface area contributed by atoms with E-state index in [9.17, 15) is 4.79 Å². The molecule has 3 nitrogen and oxygen atoms in total. The molecule has 0 aromatic heterocycles. The van der Waals surface area contributed by atoms with Gasteiger partial charge in [-0.1, -0.05) is 12.1 Å². The minimum Gasteiger partial charge on any atom is -0.490 e. The number of aliphatic carboxylic acids is 1. The number of hydrogen-bond donors (Lipinski definition) is 1. The highest BCUT2D eigenvalue weighted by Gasteiger charge is 2.16. The molecule has 0 aliphatic carbocycles. The fourth-order valence-electron chi connectivity index (χ4n) is 1.97. The summed E-state index contributed by atoms with van der Waals surface area (Å²) >= 11 is 1.93. The number of carboxylic acid groups (broad SMARTS) is 1. The number of carbonyl (C=O) groups is 1. The molecular formula is C14H18O3S. The highest BCUT2D eigenvalue weighted by atomic mass is 32.2. The fourth-order valence-corrected chi connectivity index (χ4v) is 3.01. The Labute approximate surface area is 112 Å². The summed E-state index contributed by atoms with van der Waals surface area (Å²) in [7, 11) is 0. The molecule has 0 radical (unpaired) electrons. The van der Waals surface area contributed by atoms with Crippen LogP contribution in [0, 0.1) is 0 Å². The Morgan fingerprint density at radius 3 is 2.72 bits per heavy atom. The fraction of sp³-hybridized carbons (Fsp3) is 0.500. The van der Waals surface area contributed by atoms with Crippen LogP contribution in [0.5, 0.6) is 5.75 Å². The van der Waals surface area contributed by atoms with E-state index < -0.39 is 11.9 Å². The van der Waals surface area contributed by atoms with Gasteiger partial charge >= 0.3 is 5.97 Å². The van der Waals surface area contributed by atoms with Crippen molar-refractivity contribution in [3.63, 3.8) is 0 Å². The first kappa shape index (κ1) is 13.3. The number of thioether (sulfide) groups is 1. The molecule has 98 valence electrons. The Balaban J connectivity index is 1.96. The van der Waals surface area contributed by atoms with Crippen molar-refractivity contribution in [1.82, 2.24) is 0 Å². The van der Waals surface area contributed by atoms with Gasteiger partial charge < -0.3 is 9.84 Å². The molecule has 0 bridgehead atoms. The molecule has 1 heterocycles. The average Bonchev–Trinajstić information content (AvgIpc) is 2.40. The normalized spacial score (nSPS) is 21.3. The van der Waals surface area contributed by atoms with E-state index >= 15 is 0 Å². The van der Waals surface area contributed by atoms with Gasteiger partial charge in [0.05, 0.1) is 5.92 Å². The molecule has 1 aromatic rings. The van der Waals surface area contributed by atoms with Crippen LogP contribution >= 0.6 is 11.8 Å². The first-order valence-corrected chi connectivity index (χ1v) is 7.39. The highest BCUT2D eigenvalue weighted by Crippen LogP contribution is 2.24. The molecule has 1 N–H and O–H groups in total. The summed E-state index contributed by atoms with van der Waals surface area (Å²) in [4.78, 5) is 10.9. The van der Waals surface area contributed by atoms with Crippen LogP contribution < -0.4 is 4.74 Å². The number of rotatable bonds is 4. The summed E-state index contributed by atoms with van der Waals surface area (Å²) in [6, 6.07) is 7.41. The average molecular weight is 266 g/mol. The molecule has 1 aromatic carbocycles. The van der Waals surface area contributed by atoms with E-state index in [-0.39, 0.29) is 0 Å². The van der Waals surface area contributed by atoms with Crippen molar-refractivity contribution in [2.24, 2.45) is 0 Å². The molecule has 4 heteroatoms. The first-order chi connectivity index (χ1) is 8.66. The van der Waals surface area contributed by atoms with Gasteiger partial charge in [0.1, 0.15) is 11.9 Å². The first-order valence-electron chi connectivity index (χ1n) is 6.24. The summed E-state index contributed by atoms with van der Waals surface area (Å²) in [6.07, 6.45) is 2.62. The van der Waals surface area contributed by atoms with E-state index in [1.54, 1.807) is 6.92 Å². The van der Waals surface area contributed by atoms with Gasteiger partial charge in [0.25, 0.3) is 0 Å². The number of carboxylic acids is 1. The molecule has 2 unspecified atom stereocenters. The van der Waals surface area contributed by atoms with Gasteiger partial charge in [-0.2, -0.15) is 11.8 Å². The van der Waals surface area contributed by atoms with Gasteiger partial charge in [0, 0.05) is 5.75 Å². The maximum atomic E-state index is 10.9. The molecule has 18 heavy (non-hydrogen) atoms. The lowest BCUT2D eigenvalue weighted by molar-refractivity contribution is -0.138. The van der Waals surface area contributed by atoms with Crippen LogP contribution in [-0.4, -0.2) is 28.7 Å². The van der Waals surface area contributed by atoms with Crippen LogP contribution in [0.1, 0.15) is 31.2 Å². The van der Waals surface area contributed by atoms with Gasteiger partial charge in [-0.05, 0) is 43.2 Å². The summed E-state index contributed by atoms with van der Waals surface area (Å²) in [6.45, 7) is 1.69. The van der Waals surface area contributed by atoms with Crippen LogP contribution in [0.25, 0.3) is 0 Å². The Bertz CT molecular complexity index is 396. The molecule has 2 rings (SSSR count). The standard InChI is InChI=1S/C14H18O3S/c1-10(14(15)16)11-4-6-12(7-5-11)17-13-3-2-8-18-9-13/h4-7,10,13H,2-3,8-9H2,1H3,(H,15,16). The van der Waals surface area contributed by atoms with Crippen LogP contribution in [0.2, 0.25) is 0 Å². The monoisotopic (exact) mass is 266 g/mol. The smallest absolute Gasteiger partial charge is 0.310 e. The van der Waals surface area contributed by atoms with E-state index in [1.807, 2.05) is 36.0 Å². The van der Waals surface area contributed by atoms with Crippen molar-refractivity contribution >= 4 is 17.7 Å². The number of benzene rings is 1. The quantitative estimate of drug-likeness (QED) is 0.909. The van der Waals surface area contributed by atoms with Crippen molar-refractivity contribution in [2.45, 2.75) is 31.8 Å². The molecule has 1 aliphatic heterocycles. The Morgan fingerprint density at radius 1 is 1.44 bits per heavy atom. The minimum atomic E-state index is -0.799. The molecule has 0 saturated carbocycles. The second-order valence-electron chi connectivity index (χ2n) is 4.59. The lowest BCUT2D eigenvalue weighted by Crippen LogP contribution is -2.23. The van der Waals surface area contributed by atoms with E-state index in [1.165, 1.54) is 12.2 Å².